The number of methoxy groups -OCH3 is 1. The molecule has 31 heavy (non-hydrogen) atoms. The zero-order valence-corrected chi connectivity index (χ0v) is 18.3. The molecule has 0 aliphatic heterocycles. The van der Waals surface area contributed by atoms with Crippen LogP contribution in [0.2, 0.25) is 0 Å². The number of hydrogen-bond acceptors (Lipinski definition) is 8. The van der Waals surface area contributed by atoms with Crippen molar-refractivity contribution in [3.05, 3.63) is 62.9 Å². The Morgan fingerprint density at radius 1 is 1.13 bits per heavy atom. The number of fused-ring (bicyclic) bond motifs is 3. The van der Waals surface area contributed by atoms with Crippen LogP contribution >= 0.6 is 23.1 Å². The van der Waals surface area contributed by atoms with Crippen molar-refractivity contribution in [2.45, 2.75) is 35.9 Å². The van der Waals surface area contributed by atoms with Crippen LogP contribution in [0.3, 0.4) is 0 Å². The molecule has 0 amide bonds. The molecule has 0 radical (unpaired) electrons. The molecule has 154 valence electrons. The molecule has 1 aliphatic carbocycles. The average Bonchev–Trinajstić information content (AvgIpc) is 3.18. The highest BCUT2D eigenvalue weighted by Crippen LogP contribution is 2.36. The van der Waals surface area contributed by atoms with Crippen LogP contribution in [0.15, 0.2) is 51.4 Å². The fourth-order valence-corrected chi connectivity index (χ4v) is 5.87. The van der Waals surface area contributed by atoms with E-state index in [1.54, 1.807) is 35.1 Å². The van der Waals surface area contributed by atoms with Crippen molar-refractivity contribution in [2.75, 3.05) is 7.11 Å². The van der Waals surface area contributed by atoms with Gasteiger partial charge in [0.2, 0.25) is 0 Å². The zero-order chi connectivity index (χ0) is 21.4. The molecule has 9 heteroatoms. The van der Waals surface area contributed by atoms with E-state index in [-0.39, 0.29) is 11.3 Å². The Hall–Kier alpha value is -3.22. The van der Waals surface area contributed by atoms with Crippen molar-refractivity contribution in [1.29, 1.82) is 5.26 Å². The minimum Gasteiger partial charge on any atom is -0.497 e. The molecule has 4 aromatic rings. The van der Waals surface area contributed by atoms with E-state index in [2.05, 4.69) is 10.2 Å². The molecule has 0 saturated carbocycles. The monoisotopic (exact) mass is 447 g/mol. The van der Waals surface area contributed by atoms with E-state index in [4.69, 9.17) is 15.0 Å². The third-order valence-corrected chi connectivity index (χ3v) is 7.31. The fraction of sp³-hybridized carbons (Fsp3) is 0.227. The quantitative estimate of drug-likeness (QED) is 0.434. The lowest BCUT2D eigenvalue weighted by molar-refractivity contribution is 0.414. The average molecular weight is 448 g/mol. The number of ether oxygens (including phenoxy) is 1. The number of nitrogens with zero attached hydrogens (tertiary/aromatic N) is 5. The van der Waals surface area contributed by atoms with E-state index in [0.717, 1.165) is 41.5 Å². The summed E-state index contributed by atoms with van der Waals surface area (Å²) in [6.45, 7) is 0. The summed E-state index contributed by atoms with van der Waals surface area (Å²) in [6, 6.07) is 12.6. The summed E-state index contributed by atoms with van der Waals surface area (Å²) in [6.07, 6.45) is 4.16. The van der Waals surface area contributed by atoms with Gasteiger partial charge >= 0.3 is 0 Å². The van der Waals surface area contributed by atoms with Crippen LogP contribution in [0.5, 0.6) is 5.75 Å². The molecular weight excluding hydrogens is 430 g/mol. The van der Waals surface area contributed by atoms with Crippen LogP contribution in [0.1, 0.15) is 29.0 Å². The maximum atomic E-state index is 13.7. The smallest absolute Gasteiger partial charge is 0.267 e. The Labute approximate surface area is 186 Å². The Balaban J connectivity index is 1.71. The highest BCUT2D eigenvalue weighted by molar-refractivity contribution is 7.99. The maximum Gasteiger partial charge on any atom is 0.267 e. The Morgan fingerprint density at radius 3 is 2.65 bits per heavy atom. The second kappa shape index (κ2) is 8.13. The van der Waals surface area contributed by atoms with Crippen LogP contribution in [-0.4, -0.2) is 26.9 Å². The molecule has 5 rings (SSSR count). The van der Waals surface area contributed by atoms with Gasteiger partial charge in [0, 0.05) is 4.88 Å². The van der Waals surface area contributed by atoms with Crippen molar-refractivity contribution in [3.8, 4) is 17.5 Å². The topological polar surface area (TPSA) is 93.7 Å². The molecule has 0 saturated heterocycles. The minimum absolute atomic E-state index is 0.0707. The van der Waals surface area contributed by atoms with Gasteiger partial charge in [-0.15, -0.1) is 21.5 Å². The molecule has 3 heterocycles. The number of thiophene rings is 1. The summed E-state index contributed by atoms with van der Waals surface area (Å²) < 4.78 is 6.90. The molecule has 0 spiro atoms. The third-order valence-electron chi connectivity index (χ3n) is 5.24. The van der Waals surface area contributed by atoms with Gasteiger partial charge in [0.25, 0.3) is 5.56 Å². The van der Waals surface area contributed by atoms with Crippen molar-refractivity contribution in [2.24, 2.45) is 0 Å². The number of hydrogen-bond donors (Lipinski definition) is 0. The number of nitriles is 1. The Kier molecular flexibility index (Phi) is 5.18. The highest BCUT2D eigenvalue weighted by atomic mass is 32.2. The Morgan fingerprint density at radius 2 is 1.94 bits per heavy atom. The van der Waals surface area contributed by atoms with Crippen LogP contribution in [-0.2, 0) is 12.8 Å². The maximum absolute atomic E-state index is 13.7. The third kappa shape index (κ3) is 3.58. The molecule has 0 atom stereocenters. The molecule has 7 nitrogen and oxygen atoms in total. The van der Waals surface area contributed by atoms with E-state index in [0.29, 0.717) is 21.6 Å². The van der Waals surface area contributed by atoms with Crippen LogP contribution < -0.4 is 10.3 Å². The van der Waals surface area contributed by atoms with E-state index in [1.165, 1.54) is 16.6 Å². The largest absolute Gasteiger partial charge is 0.497 e. The van der Waals surface area contributed by atoms with Crippen LogP contribution in [0.4, 0.5) is 0 Å². The zero-order valence-electron chi connectivity index (χ0n) is 16.7. The first kappa shape index (κ1) is 19.7. The molecule has 0 unspecified atom stereocenters. The lowest BCUT2D eigenvalue weighted by Gasteiger charge is -2.13. The lowest BCUT2D eigenvalue weighted by Crippen LogP contribution is -2.22. The van der Waals surface area contributed by atoms with Crippen molar-refractivity contribution >= 4 is 33.3 Å². The van der Waals surface area contributed by atoms with Crippen molar-refractivity contribution in [3.63, 3.8) is 0 Å². The SMILES string of the molecule is COc1ccc(-n2c(Sc3ccc(C#N)nn3)nc3sc4c(c3c2=O)CCCC4)cc1. The molecule has 0 fully saturated rings. The van der Waals surface area contributed by atoms with Gasteiger partial charge in [-0.25, -0.2) is 4.98 Å². The molecule has 1 aliphatic rings. The van der Waals surface area contributed by atoms with Gasteiger partial charge in [0.15, 0.2) is 10.9 Å². The number of aromatic nitrogens is 4. The summed E-state index contributed by atoms with van der Waals surface area (Å²) in [5.74, 6) is 0.714. The molecular formula is C22H17N5O2S2. The molecule has 0 N–H and O–H groups in total. The second-order valence-corrected chi connectivity index (χ2v) is 9.17. The molecule has 0 bridgehead atoms. The minimum atomic E-state index is -0.0707. The lowest BCUT2D eigenvalue weighted by atomic mass is 9.97. The van der Waals surface area contributed by atoms with Crippen LogP contribution in [0, 0.1) is 11.3 Å². The summed E-state index contributed by atoms with van der Waals surface area (Å²) >= 11 is 2.88. The first-order chi connectivity index (χ1) is 15.2. The van der Waals surface area contributed by atoms with Gasteiger partial charge in [-0.1, -0.05) is 0 Å². The Bertz CT molecular complexity index is 1370. The van der Waals surface area contributed by atoms with E-state index >= 15 is 0 Å². The molecule has 1 aromatic carbocycles. The number of rotatable bonds is 4. The normalized spacial score (nSPS) is 13.0. The summed E-state index contributed by atoms with van der Waals surface area (Å²) in [5.41, 5.74) is 2.03. The van der Waals surface area contributed by atoms with Crippen LogP contribution in [0.25, 0.3) is 15.9 Å². The van der Waals surface area contributed by atoms with Crippen molar-refractivity contribution in [1.82, 2.24) is 19.7 Å². The van der Waals surface area contributed by atoms with Gasteiger partial charge in [0.1, 0.15) is 21.7 Å². The first-order valence-corrected chi connectivity index (χ1v) is 11.4. The second-order valence-electron chi connectivity index (χ2n) is 7.09. The van der Waals surface area contributed by atoms with Crippen molar-refractivity contribution < 1.29 is 4.74 Å². The first-order valence-electron chi connectivity index (χ1n) is 9.81. The molecule has 3 aromatic heterocycles. The van der Waals surface area contributed by atoms with E-state index in [1.807, 2.05) is 30.3 Å². The number of aryl methyl sites for hydroxylation is 2. The van der Waals surface area contributed by atoms with Gasteiger partial charge in [-0.05, 0) is 79.4 Å². The predicted octanol–water partition coefficient (Wildman–Crippen LogP) is 4.15. The highest BCUT2D eigenvalue weighted by Gasteiger charge is 2.23. The summed E-state index contributed by atoms with van der Waals surface area (Å²) in [5, 5.41) is 18.8. The van der Waals surface area contributed by atoms with Gasteiger partial charge < -0.3 is 4.74 Å². The summed E-state index contributed by atoms with van der Waals surface area (Å²) in [4.78, 5) is 20.7. The predicted molar refractivity (Wildman–Crippen MR) is 119 cm³/mol. The summed E-state index contributed by atoms with van der Waals surface area (Å²) in [7, 11) is 1.61. The fourth-order valence-electron chi connectivity index (χ4n) is 3.74. The van der Waals surface area contributed by atoms with E-state index < -0.39 is 0 Å². The van der Waals surface area contributed by atoms with E-state index in [9.17, 15) is 4.79 Å². The van der Waals surface area contributed by atoms with Gasteiger partial charge in [0.05, 0.1) is 18.2 Å². The standard InChI is InChI=1S/C22H17N5O2S2/c1-29-15-9-7-14(8-10-15)27-21(28)19-16-4-2-3-5-17(16)30-20(19)24-22(27)31-18-11-6-13(12-23)25-26-18/h6-11H,2-5H2,1H3. The van der Waals surface area contributed by atoms with Gasteiger partial charge in [-0.2, -0.15) is 5.26 Å². The number of benzene rings is 1. The van der Waals surface area contributed by atoms with Gasteiger partial charge in [-0.3, -0.25) is 9.36 Å².